The minimum absolute atomic E-state index is 0.117. The van der Waals surface area contributed by atoms with Crippen molar-refractivity contribution in [1.82, 2.24) is 10.2 Å². The number of piperazine rings is 1. The molecule has 0 unspecified atom stereocenters. The van der Waals surface area contributed by atoms with Gasteiger partial charge in [0.25, 0.3) is 0 Å². The van der Waals surface area contributed by atoms with Crippen LogP contribution in [0.2, 0.25) is 0 Å². The largest absolute Gasteiger partial charge is 0.487 e. The molecule has 1 saturated carbocycles. The molecule has 3 fully saturated rings. The molecule has 2 saturated heterocycles. The van der Waals surface area contributed by atoms with Crippen molar-refractivity contribution in [2.24, 2.45) is 5.92 Å². The highest BCUT2D eigenvalue weighted by Gasteiger charge is 2.41. The number of rotatable bonds is 3. The average Bonchev–Trinajstić information content (AvgIpc) is 2.80. The van der Waals surface area contributed by atoms with E-state index < -0.39 is 0 Å². The van der Waals surface area contributed by atoms with Gasteiger partial charge in [-0.3, -0.25) is 0 Å². The maximum absolute atomic E-state index is 12.4. The van der Waals surface area contributed by atoms with Crippen molar-refractivity contribution in [3.05, 3.63) is 23.8 Å². The molecule has 4 aliphatic rings. The van der Waals surface area contributed by atoms with Crippen molar-refractivity contribution in [3.63, 3.8) is 0 Å². The zero-order chi connectivity index (χ0) is 21.7. The van der Waals surface area contributed by atoms with E-state index in [1.165, 1.54) is 30.5 Å². The van der Waals surface area contributed by atoms with Gasteiger partial charge >= 0.3 is 6.09 Å². The number of anilines is 1. The third-order valence-corrected chi connectivity index (χ3v) is 7.30. The molecule has 7 heteroatoms. The molecule has 5 rings (SSSR count). The number of hydrogen-bond donors (Lipinski definition) is 2. The summed E-state index contributed by atoms with van der Waals surface area (Å²) in [7, 11) is 0. The fourth-order valence-corrected chi connectivity index (χ4v) is 5.02. The topological polar surface area (TPSA) is 54.0 Å². The highest BCUT2D eigenvalue weighted by Crippen LogP contribution is 2.40. The molecule has 3 heterocycles. The van der Waals surface area contributed by atoms with Crippen molar-refractivity contribution in [2.45, 2.75) is 50.5 Å². The molecule has 0 aromatic heterocycles. The van der Waals surface area contributed by atoms with E-state index in [1.54, 1.807) is 6.26 Å². The number of hydrogen-bond acceptors (Lipinski definition) is 6. The van der Waals surface area contributed by atoms with Crippen LogP contribution in [0.15, 0.2) is 18.2 Å². The van der Waals surface area contributed by atoms with Gasteiger partial charge in [-0.2, -0.15) is 12.6 Å². The lowest BCUT2D eigenvalue weighted by Crippen LogP contribution is -2.51. The molecule has 1 aromatic rings. The maximum atomic E-state index is 12.4. The molecular formula is C24H37N3O3S. The predicted octanol–water partition coefficient (Wildman–Crippen LogP) is 3.74. The first-order chi connectivity index (χ1) is 15.2. The zero-order valence-corrected chi connectivity index (χ0v) is 19.7. The number of aryl methyl sites for hydroxylation is 1. The summed E-state index contributed by atoms with van der Waals surface area (Å²) in [4.78, 5) is 16.7. The van der Waals surface area contributed by atoms with Crippen molar-refractivity contribution >= 4 is 24.4 Å². The average molecular weight is 448 g/mol. The monoisotopic (exact) mass is 447 g/mol. The Labute approximate surface area is 192 Å². The van der Waals surface area contributed by atoms with Crippen LogP contribution in [0, 0.1) is 5.92 Å². The Hall–Kier alpha value is -1.60. The van der Waals surface area contributed by atoms with Gasteiger partial charge in [-0.1, -0.05) is 6.42 Å². The highest BCUT2D eigenvalue weighted by molar-refractivity contribution is 7.79. The number of thiol groups is 1. The van der Waals surface area contributed by atoms with Crippen LogP contribution in [0.3, 0.4) is 0 Å². The minimum atomic E-state index is -0.136. The Morgan fingerprint density at radius 2 is 1.90 bits per heavy atom. The number of nitrogens with zero attached hydrogens (tertiary/aromatic N) is 2. The first-order valence-electron chi connectivity index (χ1n) is 11.8. The van der Waals surface area contributed by atoms with Gasteiger partial charge in [-0.05, 0) is 61.6 Å². The Bertz CT molecular complexity index is 742. The van der Waals surface area contributed by atoms with Gasteiger partial charge in [-0.15, -0.1) is 0 Å². The second-order valence-corrected chi connectivity index (χ2v) is 9.18. The van der Waals surface area contributed by atoms with Gasteiger partial charge in [0.05, 0.1) is 6.61 Å². The van der Waals surface area contributed by atoms with Crippen LogP contribution < -0.4 is 15.0 Å². The lowest BCUT2D eigenvalue weighted by molar-refractivity contribution is -0.0168. The van der Waals surface area contributed by atoms with Crippen LogP contribution in [0.1, 0.15) is 44.1 Å². The molecule has 3 aliphatic heterocycles. The molecule has 6 nitrogen and oxygen atoms in total. The van der Waals surface area contributed by atoms with E-state index in [1.807, 2.05) is 4.90 Å². The van der Waals surface area contributed by atoms with Crippen LogP contribution in [0.4, 0.5) is 10.5 Å². The minimum Gasteiger partial charge on any atom is -0.487 e. The molecule has 1 amide bonds. The normalized spacial score (nSPS) is 22.5. The molecular weight excluding hydrogens is 410 g/mol. The van der Waals surface area contributed by atoms with Crippen molar-refractivity contribution in [1.29, 1.82) is 0 Å². The molecule has 1 aromatic carbocycles. The van der Waals surface area contributed by atoms with E-state index in [4.69, 9.17) is 9.47 Å². The Morgan fingerprint density at radius 1 is 1.16 bits per heavy atom. The smallest absolute Gasteiger partial charge is 0.409 e. The van der Waals surface area contributed by atoms with Crippen molar-refractivity contribution in [2.75, 3.05) is 57.0 Å². The van der Waals surface area contributed by atoms with Gasteiger partial charge in [0.1, 0.15) is 11.4 Å². The molecule has 0 bridgehead atoms. The maximum Gasteiger partial charge on any atom is 0.409 e. The number of carbonyl (C=O) groups excluding carboxylic acids is 1. The SMILES string of the molecule is CS.O=C(OCC1CCC1)N1CCC2(CCc3cc(N4CCNCC4)ccc3O2)CC1. The Kier molecular flexibility index (Phi) is 7.54. The summed E-state index contributed by atoms with van der Waals surface area (Å²) in [6.45, 7) is 6.30. The third-order valence-electron chi connectivity index (χ3n) is 7.30. The summed E-state index contributed by atoms with van der Waals surface area (Å²) in [6, 6.07) is 6.68. The summed E-state index contributed by atoms with van der Waals surface area (Å²) >= 11 is 3.53. The summed E-state index contributed by atoms with van der Waals surface area (Å²) in [5, 5.41) is 3.41. The van der Waals surface area contributed by atoms with E-state index in [2.05, 4.69) is 41.0 Å². The summed E-state index contributed by atoms with van der Waals surface area (Å²) < 4.78 is 12.1. The van der Waals surface area contributed by atoms with E-state index in [9.17, 15) is 4.79 Å². The van der Waals surface area contributed by atoms with Crippen molar-refractivity contribution < 1.29 is 14.3 Å². The number of amides is 1. The van der Waals surface area contributed by atoms with Crippen LogP contribution >= 0.6 is 12.6 Å². The molecule has 172 valence electrons. The quantitative estimate of drug-likeness (QED) is 0.692. The molecule has 1 spiro atoms. The summed E-state index contributed by atoms with van der Waals surface area (Å²) in [5.41, 5.74) is 2.52. The highest BCUT2D eigenvalue weighted by atomic mass is 32.1. The lowest BCUT2D eigenvalue weighted by atomic mass is 9.83. The van der Waals surface area contributed by atoms with Crippen LogP contribution in [-0.2, 0) is 11.2 Å². The number of piperidine rings is 1. The van der Waals surface area contributed by atoms with E-state index in [-0.39, 0.29) is 11.7 Å². The van der Waals surface area contributed by atoms with Gasteiger partial charge in [0, 0.05) is 57.8 Å². The predicted molar refractivity (Wildman–Crippen MR) is 128 cm³/mol. The second-order valence-electron chi connectivity index (χ2n) is 9.18. The Morgan fingerprint density at radius 3 is 2.58 bits per heavy atom. The van der Waals surface area contributed by atoms with Gasteiger partial charge in [0.2, 0.25) is 0 Å². The first kappa shape index (κ1) is 22.6. The standard InChI is InChI=1S/C23H33N3O3.CH4S/c27-22(28-17-18-2-1-3-18)26-12-8-23(9-13-26)7-6-19-16-20(4-5-21(19)29-23)25-14-10-24-11-15-25;1-2/h4-5,16,18,24H,1-3,6-15,17H2;2H,1H3. The van der Waals surface area contributed by atoms with E-state index in [0.717, 1.165) is 70.7 Å². The zero-order valence-electron chi connectivity index (χ0n) is 18.8. The molecule has 1 N–H and O–H groups in total. The van der Waals surface area contributed by atoms with Crippen LogP contribution in [-0.4, -0.2) is 68.7 Å². The molecule has 0 radical (unpaired) electrons. The first-order valence-corrected chi connectivity index (χ1v) is 12.7. The number of carbonyl (C=O) groups is 1. The summed E-state index contributed by atoms with van der Waals surface area (Å²) in [6.07, 6.45) is 9.14. The Balaban J connectivity index is 0.00000112. The number of nitrogens with one attached hydrogen (secondary N) is 1. The summed E-state index contributed by atoms with van der Waals surface area (Å²) in [5.74, 6) is 1.63. The van der Waals surface area contributed by atoms with Crippen LogP contribution in [0.5, 0.6) is 5.75 Å². The number of likely N-dealkylation sites (tertiary alicyclic amines) is 1. The lowest BCUT2D eigenvalue weighted by Gasteiger charge is -2.44. The number of ether oxygens (including phenoxy) is 2. The second kappa shape index (κ2) is 10.3. The van der Waals surface area contributed by atoms with Gasteiger partial charge < -0.3 is 24.6 Å². The fraction of sp³-hybridized carbons (Fsp3) is 0.708. The fourth-order valence-electron chi connectivity index (χ4n) is 5.02. The van der Waals surface area contributed by atoms with Crippen molar-refractivity contribution in [3.8, 4) is 5.75 Å². The molecule has 0 atom stereocenters. The van der Waals surface area contributed by atoms with Crippen LogP contribution in [0.25, 0.3) is 0 Å². The van der Waals surface area contributed by atoms with Gasteiger partial charge in [0.15, 0.2) is 0 Å². The number of fused-ring (bicyclic) bond motifs is 1. The number of benzene rings is 1. The van der Waals surface area contributed by atoms with E-state index >= 15 is 0 Å². The molecule has 31 heavy (non-hydrogen) atoms. The van der Waals surface area contributed by atoms with E-state index in [0.29, 0.717) is 12.5 Å². The molecule has 1 aliphatic carbocycles. The third kappa shape index (κ3) is 5.25. The van der Waals surface area contributed by atoms with Gasteiger partial charge in [-0.25, -0.2) is 4.79 Å².